The summed E-state index contributed by atoms with van der Waals surface area (Å²) in [6, 6.07) is 0. The van der Waals surface area contributed by atoms with Gasteiger partial charge in [-0.3, -0.25) is 0 Å². The molecule has 0 aliphatic heterocycles. The van der Waals surface area contributed by atoms with Gasteiger partial charge in [-0.2, -0.15) is 0 Å². The lowest BCUT2D eigenvalue weighted by atomic mass is 13.4. The SMILES string of the molecule is N.O=NO.O=N[O-].O=N[O-].O=N[O-].[N+3].[N].[N]. The molecule has 0 aromatic heterocycles. The predicted octanol–water partition coefficient (Wildman–Crippen LogP) is -0.386. The van der Waals surface area contributed by atoms with Crippen LogP contribution in [0.25, 0.3) is 0 Å². The second kappa shape index (κ2) is 1080. The fraction of sp³-hybridized carbons (Fsp3) is 0. The van der Waals surface area contributed by atoms with E-state index in [1.165, 1.54) is 5.34 Å². The molecule has 0 aromatic rings. The highest BCUT2D eigenvalue weighted by Gasteiger charge is 3.00. The van der Waals surface area contributed by atoms with Gasteiger partial charge in [-0.25, -0.2) is 0 Å². The van der Waals surface area contributed by atoms with E-state index < -0.39 is 0 Å². The van der Waals surface area contributed by atoms with Crippen molar-refractivity contribution in [2.75, 3.05) is 0 Å². The standard InChI is InChI=1S/4HNO2.H3N.3N/c4*2-1-3;;;;/h4*(H,2,3);1H3;;;/q;;;;;;;+3/p-3. The normalized spacial score (nSPS) is 3.00. The van der Waals surface area contributed by atoms with E-state index in [1.54, 1.807) is 0 Å². The van der Waals surface area contributed by atoms with Crippen LogP contribution < -0.4 is 24.6 Å². The average Bonchev–Trinajstić information content (AvgIpc) is 1.92. The molecule has 0 heterocycles. The van der Waals surface area contributed by atoms with Crippen molar-refractivity contribution < 1.29 is 5.21 Å². The molecule has 4 N–H and O–H groups in total. The van der Waals surface area contributed by atoms with Gasteiger partial charge in [0.1, 0.15) is 0 Å². The van der Waals surface area contributed by atoms with Gasteiger partial charge in [0.05, 0.1) is 0 Å². The van der Waals surface area contributed by atoms with Crippen LogP contribution in [0.1, 0.15) is 0 Å². The van der Waals surface area contributed by atoms with Crippen molar-refractivity contribution in [2.45, 2.75) is 0 Å². The smallest absolute Gasteiger partial charge is 0.444 e. The fourth-order valence-electron chi connectivity index (χ4n) is 0. The van der Waals surface area contributed by atoms with Gasteiger partial charge < -0.3 is 41.7 Å². The van der Waals surface area contributed by atoms with Crippen molar-refractivity contribution in [3.05, 3.63) is 35.3 Å². The lowest BCUT2D eigenvalue weighted by Crippen LogP contribution is -1.25. The minimum atomic E-state index is 0. The molecule has 8 radical (unpaired) electrons. The summed E-state index contributed by atoms with van der Waals surface area (Å²) < 4.78 is 0. The quantitative estimate of drug-likeness (QED) is 0.412. The van der Waals surface area contributed by atoms with Crippen LogP contribution in [-0.4, -0.2) is 5.21 Å². The molecule has 0 aromatic carbocycles. The number of hydrogen-bond donors (Lipinski definition) is 2. The summed E-state index contributed by atoms with van der Waals surface area (Å²) >= 11 is 0. The number of hydrogen-bond acceptors (Lipinski definition) is 12. The monoisotopic (exact) mass is 244 g/mol. The van der Waals surface area contributed by atoms with E-state index in [1.807, 2.05) is 0 Å². The van der Waals surface area contributed by atoms with Crippen molar-refractivity contribution in [2.24, 2.45) is 21.4 Å². The molecule has 0 atom stereocenters. The van der Waals surface area contributed by atoms with Crippen molar-refractivity contribution in [1.29, 1.82) is 0 Å². The average molecular weight is 244 g/mol. The van der Waals surface area contributed by atoms with Crippen LogP contribution in [0.3, 0.4) is 0 Å². The molecule has 16 heavy (non-hydrogen) atoms. The zero-order valence-electron chi connectivity index (χ0n) is 7.14. The van der Waals surface area contributed by atoms with Gasteiger partial charge in [-0.15, -0.1) is 20.9 Å². The second-order valence-electron chi connectivity index (χ2n) is 0.305. The first-order chi connectivity index (χ1) is 5.66. The molecule has 92 valence electrons. The Hall–Kier alpha value is -2.81. The maximum atomic E-state index is 8.11. The van der Waals surface area contributed by atoms with Crippen LogP contribution in [0.2, 0.25) is 0 Å². The van der Waals surface area contributed by atoms with Gasteiger partial charge in [0.15, 0.2) is 5.34 Å². The van der Waals surface area contributed by atoms with E-state index in [2.05, 4.69) is 0 Å². The molecule has 0 aliphatic rings. The molecule has 0 saturated heterocycles. The molecule has 0 rings (SSSR count). The third-order valence-electron chi connectivity index (χ3n) is 0. The first-order valence-corrected chi connectivity index (χ1v) is 1.48. The Balaban J connectivity index is -0.00000000821. The lowest BCUT2D eigenvalue weighted by Gasteiger charge is -1.51. The van der Waals surface area contributed by atoms with Crippen molar-refractivity contribution in [3.8, 4) is 0 Å². The van der Waals surface area contributed by atoms with Crippen LogP contribution in [0.15, 0.2) is 21.4 Å². The Morgan fingerprint density at radius 1 is 0.750 bits per heavy atom. The summed E-state index contributed by atoms with van der Waals surface area (Å²) in [6.45, 7) is 0. The Labute approximate surface area is 87.7 Å². The largest absolute Gasteiger partial charge is 3.00 e. The molecule has 0 spiro atoms. The highest BCUT2D eigenvalue weighted by Crippen LogP contribution is 1.34. The summed E-state index contributed by atoms with van der Waals surface area (Å²) in [5.41, 5.74) is 0. The zero-order valence-corrected chi connectivity index (χ0v) is 7.14. The van der Waals surface area contributed by atoms with Crippen LogP contribution in [0.5, 0.6) is 0 Å². The van der Waals surface area contributed by atoms with Gasteiger partial charge in [-0.1, -0.05) is 0 Å². The van der Waals surface area contributed by atoms with Crippen molar-refractivity contribution >= 4 is 0 Å². The third-order valence-corrected chi connectivity index (χ3v) is 0. The molecular formula is H4N8O8. The number of nitrogens with zero attached hydrogens (tertiary/aromatic N) is 7. The Bertz CT molecular complexity index is 70.0. The maximum Gasteiger partial charge on any atom is 3.00 e. The maximum absolute atomic E-state index is 8.11. The summed E-state index contributed by atoms with van der Waals surface area (Å²) in [6.07, 6.45) is 0. The van der Waals surface area contributed by atoms with E-state index >= 15 is 0 Å². The van der Waals surface area contributed by atoms with E-state index in [0.717, 1.165) is 16.0 Å². The van der Waals surface area contributed by atoms with Gasteiger partial charge in [0.2, 0.25) is 0 Å². The Morgan fingerprint density at radius 2 is 0.750 bits per heavy atom. The summed E-state index contributed by atoms with van der Waals surface area (Å²) in [4.78, 5) is 32.1. The lowest BCUT2D eigenvalue weighted by molar-refractivity contribution is 0.312. The topological polar surface area (TPSA) is 334 Å². The Morgan fingerprint density at radius 3 is 0.750 bits per heavy atom. The molecule has 0 unspecified atom stereocenters. The predicted molar refractivity (Wildman–Crippen MR) is 46.5 cm³/mol. The second-order valence-corrected chi connectivity index (χ2v) is 0.305. The van der Waals surface area contributed by atoms with Gasteiger partial charge >= 0.3 is 6.15 Å². The van der Waals surface area contributed by atoms with Crippen molar-refractivity contribution in [3.63, 3.8) is 0 Å². The zero-order chi connectivity index (χ0) is 10.8. The van der Waals surface area contributed by atoms with Crippen LogP contribution in [-0.2, 0) is 0 Å². The molecular weight excluding hydrogens is 240 g/mol. The number of rotatable bonds is 0. The van der Waals surface area contributed by atoms with Gasteiger partial charge in [0, 0.05) is 12.3 Å². The summed E-state index contributed by atoms with van der Waals surface area (Å²) in [5.74, 6) is 0. The minimum absolute atomic E-state index is 0. The fourth-order valence-corrected chi connectivity index (χ4v) is 0. The molecule has 0 saturated carbocycles. The van der Waals surface area contributed by atoms with Crippen LogP contribution in [0, 0.1) is 35.3 Å². The minimum Gasteiger partial charge on any atom is -0.444 e. The Kier molecular flexibility index (Phi) is 4900. The van der Waals surface area contributed by atoms with E-state index in [0.29, 0.717) is 0 Å². The third kappa shape index (κ3) is 147. The van der Waals surface area contributed by atoms with Gasteiger partial charge in [0.25, 0.3) is 0 Å². The highest BCUT2D eigenvalue weighted by molar-refractivity contribution is 4.22. The van der Waals surface area contributed by atoms with Crippen LogP contribution >= 0.6 is 0 Å². The first kappa shape index (κ1) is 72.8. The van der Waals surface area contributed by atoms with Crippen molar-refractivity contribution in [1.82, 2.24) is 24.6 Å². The first-order valence-electron chi connectivity index (χ1n) is 1.48. The highest BCUT2D eigenvalue weighted by atomic mass is 16.6. The molecule has 16 heteroatoms. The van der Waals surface area contributed by atoms with E-state index in [9.17, 15) is 0 Å². The summed E-state index contributed by atoms with van der Waals surface area (Å²) in [5, 5.41) is 34.9. The molecule has 0 bridgehead atoms. The summed E-state index contributed by atoms with van der Waals surface area (Å²) in [7, 11) is 0. The molecule has 0 aliphatic carbocycles. The van der Waals surface area contributed by atoms with E-state index in [4.69, 9.17) is 40.5 Å². The molecule has 0 amide bonds. The molecule has 16 nitrogen and oxygen atoms in total. The molecule has 0 fully saturated rings. The van der Waals surface area contributed by atoms with E-state index in [-0.39, 0.29) is 24.6 Å². The van der Waals surface area contributed by atoms with Crippen LogP contribution in [0.4, 0.5) is 0 Å². The van der Waals surface area contributed by atoms with Gasteiger partial charge in [-0.05, 0) is 0 Å².